The summed E-state index contributed by atoms with van der Waals surface area (Å²) in [6, 6.07) is 18.1. The standard InChI is InChI=1S/C19H20N4O/c1-15-14-23(19(20)22-15)21-13-17-8-5-9-18(12-17)24-11-10-16-6-3-2-4-7-16/h2-9,12-14H,10-11H2,1H3,(H2,20,22). The Kier molecular flexibility index (Phi) is 4.91. The molecule has 0 amide bonds. The number of aromatic nitrogens is 2. The number of benzene rings is 2. The van der Waals surface area contributed by atoms with Crippen molar-refractivity contribution >= 4 is 12.2 Å². The number of anilines is 1. The van der Waals surface area contributed by atoms with Crippen molar-refractivity contribution in [1.29, 1.82) is 0 Å². The summed E-state index contributed by atoms with van der Waals surface area (Å²) in [7, 11) is 0. The highest BCUT2D eigenvalue weighted by Crippen LogP contribution is 2.13. The lowest BCUT2D eigenvalue weighted by Gasteiger charge is -2.07. The van der Waals surface area contributed by atoms with E-state index in [-0.39, 0.29) is 0 Å². The van der Waals surface area contributed by atoms with Crippen LogP contribution in [0.15, 0.2) is 65.9 Å². The van der Waals surface area contributed by atoms with Gasteiger partial charge in [0.2, 0.25) is 5.95 Å². The van der Waals surface area contributed by atoms with Crippen LogP contribution in [0.4, 0.5) is 5.95 Å². The van der Waals surface area contributed by atoms with Crippen LogP contribution in [0.2, 0.25) is 0 Å². The molecule has 3 aromatic rings. The van der Waals surface area contributed by atoms with Gasteiger partial charge in [0.1, 0.15) is 5.75 Å². The number of hydrogen-bond donors (Lipinski definition) is 1. The minimum atomic E-state index is 0.374. The van der Waals surface area contributed by atoms with E-state index in [1.54, 1.807) is 17.1 Å². The van der Waals surface area contributed by atoms with E-state index in [2.05, 4.69) is 22.2 Å². The van der Waals surface area contributed by atoms with E-state index in [4.69, 9.17) is 10.5 Å². The van der Waals surface area contributed by atoms with Gasteiger partial charge in [-0.15, -0.1) is 0 Å². The molecule has 1 heterocycles. The SMILES string of the molecule is Cc1cn(N=Cc2cccc(OCCc3ccccc3)c2)c(N)n1. The summed E-state index contributed by atoms with van der Waals surface area (Å²) in [5, 5.41) is 4.31. The minimum absolute atomic E-state index is 0.374. The molecular formula is C19H20N4O. The molecule has 0 fully saturated rings. The van der Waals surface area contributed by atoms with E-state index >= 15 is 0 Å². The van der Waals surface area contributed by atoms with Gasteiger partial charge < -0.3 is 10.5 Å². The number of nitrogens with zero attached hydrogens (tertiary/aromatic N) is 3. The minimum Gasteiger partial charge on any atom is -0.493 e. The van der Waals surface area contributed by atoms with Crippen molar-refractivity contribution in [1.82, 2.24) is 9.66 Å². The van der Waals surface area contributed by atoms with Crippen LogP contribution in [0.5, 0.6) is 5.75 Å². The fourth-order valence-corrected chi connectivity index (χ4v) is 2.34. The Hall–Kier alpha value is -3.08. The fraction of sp³-hybridized carbons (Fsp3) is 0.158. The molecule has 0 radical (unpaired) electrons. The van der Waals surface area contributed by atoms with Crippen LogP contribution in [0.25, 0.3) is 0 Å². The Labute approximate surface area is 141 Å². The maximum atomic E-state index is 5.82. The van der Waals surface area contributed by atoms with E-state index in [9.17, 15) is 0 Å². The molecule has 3 rings (SSSR count). The molecule has 0 bridgehead atoms. The van der Waals surface area contributed by atoms with Gasteiger partial charge in [-0.3, -0.25) is 0 Å². The van der Waals surface area contributed by atoms with Gasteiger partial charge >= 0.3 is 0 Å². The quantitative estimate of drug-likeness (QED) is 0.709. The maximum Gasteiger partial charge on any atom is 0.221 e. The summed E-state index contributed by atoms with van der Waals surface area (Å²) in [5.74, 6) is 1.20. The van der Waals surface area contributed by atoms with Crippen LogP contribution in [0.3, 0.4) is 0 Å². The normalized spacial score (nSPS) is 11.0. The summed E-state index contributed by atoms with van der Waals surface area (Å²) in [5.41, 5.74) is 8.81. The molecule has 5 nitrogen and oxygen atoms in total. The first-order valence-corrected chi connectivity index (χ1v) is 7.83. The number of imidazole rings is 1. The van der Waals surface area contributed by atoms with E-state index in [1.165, 1.54) is 5.56 Å². The Morgan fingerprint density at radius 2 is 2.00 bits per heavy atom. The number of nitrogens with two attached hydrogens (primary N) is 1. The van der Waals surface area contributed by atoms with Crippen molar-refractivity contribution in [2.24, 2.45) is 5.10 Å². The lowest BCUT2D eigenvalue weighted by molar-refractivity contribution is 0.322. The first-order chi connectivity index (χ1) is 11.7. The van der Waals surface area contributed by atoms with Crippen LogP contribution < -0.4 is 10.5 Å². The lowest BCUT2D eigenvalue weighted by Crippen LogP contribution is -2.01. The van der Waals surface area contributed by atoms with Crippen molar-refractivity contribution in [2.45, 2.75) is 13.3 Å². The van der Waals surface area contributed by atoms with Gasteiger partial charge in [0.05, 0.1) is 24.7 Å². The molecule has 0 saturated carbocycles. The molecule has 0 aliphatic carbocycles. The maximum absolute atomic E-state index is 5.82. The van der Waals surface area contributed by atoms with Gasteiger partial charge in [0, 0.05) is 6.42 Å². The number of aryl methyl sites for hydroxylation is 1. The Morgan fingerprint density at radius 3 is 2.75 bits per heavy atom. The van der Waals surface area contributed by atoms with E-state index < -0.39 is 0 Å². The second-order valence-corrected chi connectivity index (χ2v) is 5.49. The Balaban J connectivity index is 1.60. The second kappa shape index (κ2) is 7.46. The van der Waals surface area contributed by atoms with Crippen LogP contribution in [-0.4, -0.2) is 22.5 Å². The van der Waals surface area contributed by atoms with Crippen LogP contribution in [0, 0.1) is 6.92 Å². The van der Waals surface area contributed by atoms with Gasteiger partial charge in [0.15, 0.2) is 0 Å². The third-order valence-corrected chi connectivity index (χ3v) is 3.53. The predicted molar refractivity (Wildman–Crippen MR) is 96.5 cm³/mol. The fourth-order valence-electron chi connectivity index (χ4n) is 2.34. The van der Waals surface area contributed by atoms with Crippen LogP contribution in [0.1, 0.15) is 16.8 Å². The van der Waals surface area contributed by atoms with E-state index in [0.29, 0.717) is 12.6 Å². The van der Waals surface area contributed by atoms with Gasteiger partial charge in [0.25, 0.3) is 0 Å². The molecule has 2 aromatic carbocycles. The van der Waals surface area contributed by atoms with Gasteiger partial charge in [-0.25, -0.2) is 9.66 Å². The number of ether oxygens (including phenoxy) is 1. The molecule has 2 N–H and O–H groups in total. The summed E-state index contributed by atoms with van der Waals surface area (Å²) in [6.07, 6.45) is 4.40. The average molecular weight is 320 g/mol. The van der Waals surface area contributed by atoms with Crippen LogP contribution >= 0.6 is 0 Å². The molecule has 0 aliphatic rings. The monoisotopic (exact) mass is 320 g/mol. The molecule has 0 unspecified atom stereocenters. The summed E-state index contributed by atoms with van der Waals surface area (Å²) in [6.45, 7) is 2.52. The first-order valence-electron chi connectivity index (χ1n) is 7.83. The van der Waals surface area contributed by atoms with Crippen molar-refractivity contribution in [3.05, 3.63) is 77.6 Å². The van der Waals surface area contributed by atoms with Gasteiger partial charge in [-0.1, -0.05) is 42.5 Å². The van der Waals surface area contributed by atoms with Crippen molar-refractivity contribution in [2.75, 3.05) is 12.3 Å². The number of rotatable bonds is 6. The highest BCUT2D eigenvalue weighted by Gasteiger charge is 2.00. The Bertz CT molecular complexity index is 824. The molecule has 5 heteroatoms. The van der Waals surface area contributed by atoms with Gasteiger partial charge in [-0.05, 0) is 30.2 Å². The van der Waals surface area contributed by atoms with Crippen molar-refractivity contribution in [3.63, 3.8) is 0 Å². The van der Waals surface area contributed by atoms with Crippen LogP contribution in [-0.2, 0) is 6.42 Å². The predicted octanol–water partition coefficient (Wildman–Crippen LogP) is 3.28. The summed E-state index contributed by atoms with van der Waals surface area (Å²) < 4.78 is 7.38. The molecule has 1 aromatic heterocycles. The molecule has 0 saturated heterocycles. The molecule has 24 heavy (non-hydrogen) atoms. The summed E-state index contributed by atoms with van der Waals surface area (Å²) >= 11 is 0. The Morgan fingerprint density at radius 1 is 1.17 bits per heavy atom. The molecule has 0 aliphatic heterocycles. The third kappa shape index (κ3) is 4.23. The van der Waals surface area contributed by atoms with Crippen molar-refractivity contribution in [3.8, 4) is 5.75 Å². The zero-order chi connectivity index (χ0) is 16.8. The topological polar surface area (TPSA) is 65.4 Å². The van der Waals surface area contributed by atoms with Crippen molar-refractivity contribution < 1.29 is 4.74 Å². The zero-order valence-electron chi connectivity index (χ0n) is 13.6. The lowest BCUT2D eigenvalue weighted by atomic mass is 10.2. The van der Waals surface area contributed by atoms with E-state index in [1.807, 2.05) is 49.4 Å². The highest BCUT2D eigenvalue weighted by atomic mass is 16.5. The van der Waals surface area contributed by atoms with Gasteiger partial charge in [-0.2, -0.15) is 5.10 Å². The molecule has 0 atom stereocenters. The highest BCUT2D eigenvalue weighted by molar-refractivity contribution is 5.80. The molecule has 0 spiro atoms. The third-order valence-electron chi connectivity index (χ3n) is 3.53. The van der Waals surface area contributed by atoms with E-state index in [0.717, 1.165) is 23.4 Å². The zero-order valence-corrected chi connectivity index (χ0v) is 13.6. The number of nitrogen functional groups attached to an aromatic ring is 1. The smallest absolute Gasteiger partial charge is 0.221 e. The summed E-state index contributed by atoms with van der Waals surface area (Å²) in [4.78, 5) is 4.11. The average Bonchev–Trinajstić information content (AvgIpc) is 2.92. The molecular weight excluding hydrogens is 300 g/mol. The second-order valence-electron chi connectivity index (χ2n) is 5.49. The largest absolute Gasteiger partial charge is 0.493 e. The number of hydrogen-bond acceptors (Lipinski definition) is 4. The molecule has 122 valence electrons. The first kappa shape index (κ1) is 15.8.